The lowest BCUT2D eigenvalue weighted by molar-refractivity contribution is 0.257. The summed E-state index contributed by atoms with van der Waals surface area (Å²) in [6, 6.07) is 10.6. The van der Waals surface area contributed by atoms with E-state index in [2.05, 4.69) is 5.32 Å². The Balaban J connectivity index is 1.87. The third-order valence-electron chi connectivity index (χ3n) is 4.35. The average molecular weight is 326 g/mol. The molecule has 2 amide bonds. The number of fused-ring (bicyclic) bond motifs is 1. The van der Waals surface area contributed by atoms with Crippen LogP contribution >= 0.6 is 0 Å². The second-order valence-electron chi connectivity index (χ2n) is 6.03. The van der Waals surface area contributed by atoms with Crippen molar-refractivity contribution in [3.05, 3.63) is 47.5 Å². The molecule has 3 rings (SSSR count). The van der Waals surface area contributed by atoms with Crippen LogP contribution in [0.1, 0.15) is 24.0 Å². The molecule has 0 saturated carbocycles. The van der Waals surface area contributed by atoms with Gasteiger partial charge in [-0.3, -0.25) is 4.90 Å². The number of nitrogens with zero attached hydrogens (tertiary/aromatic N) is 1. The topological polar surface area (TPSA) is 61.8 Å². The van der Waals surface area contributed by atoms with Crippen LogP contribution in [0.5, 0.6) is 11.5 Å². The summed E-state index contributed by atoms with van der Waals surface area (Å²) in [5.74, 6) is 1.00. The quantitative estimate of drug-likeness (QED) is 0.817. The van der Waals surface area contributed by atoms with Crippen LogP contribution in [-0.2, 0) is 6.42 Å². The minimum absolute atomic E-state index is 0.155. The van der Waals surface area contributed by atoms with Gasteiger partial charge in [0.05, 0.1) is 7.11 Å². The van der Waals surface area contributed by atoms with Crippen LogP contribution < -0.4 is 15.0 Å². The highest BCUT2D eigenvalue weighted by Crippen LogP contribution is 2.30. The van der Waals surface area contributed by atoms with E-state index in [0.717, 1.165) is 41.8 Å². The molecule has 0 aromatic heterocycles. The first-order valence-corrected chi connectivity index (χ1v) is 8.13. The van der Waals surface area contributed by atoms with Gasteiger partial charge in [-0.05, 0) is 73.7 Å². The van der Waals surface area contributed by atoms with Gasteiger partial charge in [0.2, 0.25) is 0 Å². The van der Waals surface area contributed by atoms with Crippen molar-refractivity contribution in [2.24, 2.45) is 0 Å². The molecule has 0 spiro atoms. The lowest BCUT2D eigenvalue weighted by Gasteiger charge is -2.24. The molecule has 5 heteroatoms. The predicted molar refractivity (Wildman–Crippen MR) is 95.1 cm³/mol. The minimum Gasteiger partial charge on any atom is -0.508 e. The fourth-order valence-electron chi connectivity index (χ4n) is 3.04. The minimum atomic E-state index is -0.155. The molecule has 0 aliphatic carbocycles. The maximum absolute atomic E-state index is 12.8. The molecule has 0 unspecified atom stereocenters. The molecule has 0 radical (unpaired) electrons. The number of anilines is 2. The molecule has 1 aliphatic rings. The van der Waals surface area contributed by atoms with Crippen molar-refractivity contribution < 1.29 is 14.6 Å². The van der Waals surface area contributed by atoms with Gasteiger partial charge in [0.25, 0.3) is 0 Å². The standard InChI is InChI=1S/C19H22N2O3/c1-13-11-15(22)6-8-17(13)20-19(23)21-10-4-3-5-14-12-16(24-2)7-9-18(14)21/h6-9,11-12,22H,3-5,10H2,1-2H3,(H,20,23). The van der Waals surface area contributed by atoms with E-state index in [-0.39, 0.29) is 11.8 Å². The van der Waals surface area contributed by atoms with E-state index in [4.69, 9.17) is 4.74 Å². The summed E-state index contributed by atoms with van der Waals surface area (Å²) in [5.41, 5.74) is 3.59. The molecule has 1 heterocycles. The third kappa shape index (κ3) is 3.30. The first-order chi connectivity index (χ1) is 11.6. The molecule has 2 aromatic rings. The first kappa shape index (κ1) is 16.2. The number of urea groups is 1. The maximum atomic E-state index is 12.8. The Hall–Kier alpha value is -2.69. The highest BCUT2D eigenvalue weighted by atomic mass is 16.5. The summed E-state index contributed by atoms with van der Waals surface area (Å²) < 4.78 is 5.30. The number of phenols is 1. The number of amides is 2. The number of rotatable bonds is 2. The van der Waals surface area contributed by atoms with E-state index in [1.165, 1.54) is 0 Å². The molecule has 2 aromatic carbocycles. The van der Waals surface area contributed by atoms with Gasteiger partial charge in [0, 0.05) is 17.9 Å². The molecule has 0 atom stereocenters. The van der Waals surface area contributed by atoms with Gasteiger partial charge in [-0.1, -0.05) is 0 Å². The third-order valence-corrected chi connectivity index (χ3v) is 4.35. The summed E-state index contributed by atoms with van der Waals surface area (Å²) in [6.45, 7) is 2.54. The van der Waals surface area contributed by atoms with Gasteiger partial charge < -0.3 is 15.2 Å². The SMILES string of the molecule is COc1ccc2c(c1)CCCCN2C(=O)Nc1ccc(O)cc1C. The molecule has 5 nitrogen and oxygen atoms in total. The summed E-state index contributed by atoms with van der Waals surface area (Å²) >= 11 is 0. The largest absolute Gasteiger partial charge is 0.508 e. The molecule has 126 valence electrons. The Bertz CT molecular complexity index is 758. The van der Waals surface area contributed by atoms with E-state index < -0.39 is 0 Å². The number of aryl methyl sites for hydroxylation is 2. The van der Waals surface area contributed by atoms with Crippen LogP contribution in [0.2, 0.25) is 0 Å². The van der Waals surface area contributed by atoms with Gasteiger partial charge in [0.1, 0.15) is 11.5 Å². The van der Waals surface area contributed by atoms with E-state index >= 15 is 0 Å². The van der Waals surface area contributed by atoms with Crippen molar-refractivity contribution in [3.63, 3.8) is 0 Å². The van der Waals surface area contributed by atoms with Crippen molar-refractivity contribution in [3.8, 4) is 11.5 Å². The molecule has 0 bridgehead atoms. The number of phenolic OH excluding ortho intramolecular Hbond substituents is 1. The van der Waals surface area contributed by atoms with Crippen molar-refractivity contribution in [1.29, 1.82) is 0 Å². The zero-order valence-corrected chi connectivity index (χ0v) is 14.0. The number of ether oxygens (including phenoxy) is 1. The summed E-state index contributed by atoms with van der Waals surface area (Å²) in [4.78, 5) is 14.6. The van der Waals surface area contributed by atoms with Crippen LogP contribution in [0.3, 0.4) is 0 Å². The first-order valence-electron chi connectivity index (χ1n) is 8.13. The second-order valence-corrected chi connectivity index (χ2v) is 6.03. The Morgan fingerprint density at radius 2 is 2.04 bits per heavy atom. The second kappa shape index (κ2) is 6.83. The lowest BCUT2D eigenvalue weighted by Crippen LogP contribution is -2.35. The number of nitrogens with one attached hydrogen (secondary N) is 1. The molecule has 0 saturated heterocycles. The van der Waals surface area contributed by atoms with Crippen LogP contribution in [0.15, 0.2) is 36.4 Å². The molecule has 24 heavy (non-hydrogen) atoms. The van der Waals surface area contributed by atoms with Crippen LogP contribution in [0, 0.1) is 6.92 Å². The normalized spacial score (nSPS) is 13.8. The predicted octanol–water partition coefficient (Wildman–Crippen LogP) is 4.08. The summed E-state index contributed by atoms with van der Waals surface area (Å²) in [7, 11) is 1.65. The summed E-state index contributed by atoms with van der Waals surface area (Å²) in [6.07, 6.45) is 2.94. The van der Waals surface area contributed by atoms with Crippen LogP contribution in [-0.4, -0.2) is 24.8 Å². The fourth-order valence-corrected chi connectivity index (χ4v) is 3.04. The van der Waals surface area contributed by atoms with E-state index in [1.54, 1.807) is 30.2 Å². The van der Waals surface area contributed by atoms with Gasteiger partial charge in [0.15, 0.2) is 0 Å². The Labute approximate surface area is 141 Å². The zero-order valence-electron chi connectivity index (χ0n) is 14.0. The number of hydrogen-bond acceptors (Lipinski definition) is 3. The van der Waals surface area contributed by atoms with Crippen molar-refractivity contribution >= 4 is 17.4 Å². The number of methoxy groups -OCH3 is 1. The maximum Gasteiger partial charge on any atom is 0.326 e. The number of aromatic hydroxyl groups is 1. The monoisotopic (exact) mass is 326 g/mol. The molecular formula is C19H22N2O3. The van der Waals surface area contributed by atoms with Crippen LogP contribution in [0.4, 0.5) is 16.2 Å². The number of hydrogen-bond donors (Lipinski definition) is 2. The summed E-state index contributed by atoms with van der Waals surface area (Å²) in [5, 5.41) is 12.5. The number of benzene rings is 2. The van der Waals surface area contributed by atoms with Crippen molar-refractivity contribution in [2.75, 3.05) is 23.9 Å². The van der Waals surface area contributed by atoms with Gasteiger partial charge in [-0.25, -0.2) is 4.79 Å². The van der Waals surface area contributed by atoms with Crippen molar-refractivity contribution in [2.45, 2.75) is 26.2 Å². The molecule has 1 aliphatic heterocycles. The highest BCUT2D eigenvalue weighted by Gasteiger charge is 2.22. The van der Waals surface area contributed by atoms with Gasteiger partial charge >= 0.3 is 6.03 Å². The molecule has 2 N–H and O–H groups in total. The highest BCUT2D eigenvalue weighted by molar-refractivity contribution is 6.02. The molecule has 0 fully saturated rings. The Kier molecular flexibility index (Phi) is 4.60. The number of carbonyl (C=O) groups excluding carboxylic acids is 1. The smallest absolute Gasteiger partial charge is 0.326 e. The van der Waals surface area contributed by atoms with Gasteiger partial charge in [-0.2, -0.15) is 0 Å². The fraction of sp³-hybridized carbons (Fsp3) is 0.316. The Morgan fingerprint density at radius 3 is 2.79 bits per heavy atom. The van der Waals surface area contributed by atoms with E-state index in [1.807, 2.05) is 25.1 Å². The van der Waals surface area contributed by atoms with E-state index in [9.17, 15) is 9.90 Å². The average Bonchev–Trinajstić information content (AvgIpc) is 2.79. The van der Waals surface area contributed by atoms with Crippen molar-refractivity contribution in [1.82, 2.24) is 0 Å². The Morgan fingerprint density at radius 1 is 1.21 bits per heavy atom. The molecular weight excluding hydrogens is 304 g/mol. The van der Waals surface area contributed by atoms with E-state index in [0.29, 0.717) is 12.2 Å². The zero-order chi connectivity index (χ0) is 17.1. The van der Waals surface area contributed by atoms with Gasteiger partial charge in [-0.15, -0.1) is 0 Å². The lowest BCUT2D eigenvalue weighted by atomic mass is 10.1. The number of carbonyl (C=O) groups is 1. The van der Waals surface area contributed by atoms with Crippen LogP contribution in [0.25, 0.3) is 0 Å².